The van der Waals surface area contributed by atoms with Crippen LogP contribution < -0.4 is 5.32 Å². The Morgan fingerprint density at radius 1 is 1.20 bits per heavy atom. The Hall–Kier alpha value is -1.19. The van der Waals surface area contributed by atoms with Crippen molar-refractivity contribution < 1.29 is 0 Å². The fraction of sp³-hybridized carbons (Fsp3) is 0.471. The lowest BCUT2D eigenvalue weighted by atomic mass is 9.99. The average Bonchev–Trinajstić information content (AvgIpc) is 2.90. The molecule has 2 nitrogen and oxygen atoms in total. The van der Waals surface area contributed by atoms with Crippen LogP contribution in [0.5, 0.6) is 0 Å². The number of nitrogens with zero attached hydrogens (tertiary/aromatic N) is 1. The number of hydrogen-bond acceptors (Lipinski definition) is 3. The number of aromatic nitrogens is 1. The summed E-state index contributed by atoms with van der Waals surface area (Å²) in [5.74, 6) is 0. The van der Waals surface area contributed by atoms with Gasteiger partial charge in [-0.25, -0.2) is 4.98 Å². The molecule has 0 fully saturated rings. The number of nitrogens with one attached hydrogen (secondary N) is 1. The first-order valence-electron chi connectivity index (χ1n) is 7.29. The summed E-state index contributed by atoms with van der Waals surface area (Å²) in [6.45, 7) is 10.9. The van der Waals surface area contributed by atoms with Crippen molar-refractivity contribution in [3.63, 3.8) is 0 Å². The maximum atomic E-state index is 4.53. The van der Waals surface area contributed by atoms with Crippen LogP contribution in [0, 0.1) is 13.8 Å². The first kappa shape index (κ1) is 15.2. The molecule has 0 radical (unpaired) electrons. The van der Waals surface area contributed by atoms with Crippen LogP contribution >= 0.6 is 11.3 Å². The van der Waals surface area contributed by atoms with Crippen LogP contribution in [-0.4, -0.2) is 4.98 Å². The van der Waals surface area contributed by atoms with E-state index in [0.29, 0.717) is 6.04 Å². The fourth-order valence-corrected chi connectivity index (χ4v) is 3.32. The van der Waals surface area contributed by atoms with Gasteiger partial charge in [0.15, 0.2) is 0 Å². The third-order valence-electron chi connectivity index (χ3n) is 3.69. The highest BCUT2D eigenvalue weighted by atomic mass is 32.1. The van der Waals surface area contributed by atoms with E-state index >= 15 is 0 Å². The summed E-state index contributed by atoms with van der Waals surface area (Å²) >= 11 is 1.81. The summed E-state index contributed by atoms with van der Waals surface area (Å²) in [7, 11) is 0. The summed E-state index contributed by atoms with van der Waals surface area (Å²) in [5, 5.41) is 4.85. The quantitative estimate of drug-likeness (QED) is 0.860. The Morgan fingerprint density at radius 2 is 1.95 bits per heavy atom. The van der Waals surface area contributed by atoms with E-state index < -0.39 is 0 Å². The number of hydrogen-bond donors (Lipinski definition) is 1. The van der Waals surface area contributed by atoms with E-state index in [2.05, 4.69) is 63.1 Å². The second-order valence-electron chi connectivity index (χ2n) is 5.49. The molecule has 3 heteroatoms. The van der Waals surface area contributed by atoms with Gasteiger partial charge in [-0.15, -0.1) is 11.3 Å². The monoisotopic (exact) mass is 288 g/mol. The van der Waals surface area contributed by atoms with E-state index in [-0.39, 0.29) is 6.04 Å². The topological polar surface area (TPSA) is 24.9 Å². The molecule has 1 aromatic heterocycles. The molecular weight excluding hydrogens is 264 g/mol. The average molecular weight is 288 g/mol. The van der Waals surface area contributed by atoms with Crippen molar-refractivity contribution in [3.8, 4) is 0 Å². The molecular formula is C17H24N2S. The standard InChI is InChI=1S/C17H24N2S/c1-6-15-10-18-17(20-15)14(5)19-13(4)16-9-11(2)7-8-12(16)3/h7-10,13-14,19H,6H2,1-5H3. The molecule has 2 atom stereocenters. The predicted molar refractivity (Wildman–Crippen MR) is 87.4 cm³/mol. The first-order chi connectivity index (χ1) is 9.51. The summed E-state index contributed by atoms with van der Waals surface area (Å²) < 4.78 is 0. The minimum absolute atomic E-state index is 0.287. The normalized spacial score (nSPS) is 14.2. The van der Waals surface area contributed by atoms with E-state index in [1.54, 1.807) is 0 Å². The second-order valence-corrected chi connectivity index (χ2v) is 6.64. The molecule has 0 aliphatic rings. The molecule has 0 saturated heterocycles. The van der Waals surface area contributed by atoms with Gasteiger partial charge in [0, 0.05) is 17.1 Å². The molecule has 0 spiro atoms. The van der Waals surface area contributed by atoms with Gasteiger partial charge in [-0.1, -0.05) is 30.7 Å². The van der Waals surface area contributed by atoms with Gasteiger partial charge in [-0.2, -0.15) is 0 Å². The molecule has 2 unspecified atom stereocenters. The Morgan fingerprint density at radius 3 is 2.60 bits per heavy atom. The maximum absolute atomic E-state index is 4.53. The zero-order chi connectivity index (χ0) is 14.7. The van der Waals surface area contributed by atoms with Crippen molar-refractivity contribution in [3.05, 3.63) is 51.0 Å². The largest absolute Gasteiger partial charge is 0.302 e. The third kappa shape index (κ3) is 3.47. The Bertz CT molecular complexity index is 574. The Balaban J connectivity index is 2.10. The van der Waals surface area contributed by atoms with E-state index in [1.807, 2.05) is 17.5 Å². The maximum Gasteiger partial charge on any atom is 0.109 e. The van der Waals surface area contributed by atoms with Gasteiger partial charge in [0.25, 0.3) is 0 Å². The predicted octanol–water partition coefficient (Wildman–Crippen LogP) is 4.73. The van der Waals surface area contributed by atoms with Crippen molar-refractivity contribution in [2.75, 3.05) is 0 Å². The van der Waals surface area contributed by atoms with Crippen LogP contribution in [0.2, 0.25) is 0 Å². The molecule has 20 heavy (non-hydrogen) atoms. The smallest absolute Gasteiger partial charge is 0.109 e. The Labute approximate surface area is 126 Å². The fourth-order valence-electron chi connectivity index (χ4n) is 2.45. The molecule has 2 aromatic rings. The van der Waals surface area contributed by atoms with Gasteiger partial charge in [-0.3, -0.25) is 0 Å². The van der Waals surface area contributed by atoms with Crippen LogP contribution in [0.1, 0.15) is 59.4 Å². The van der Waals surface area contributed by atoms with Gasteiger partial charge >= 0.3 is 0 Å². The lowest BCUT2D eigenvalue weighted by Gasteiger charge is -2.21. The molecule has 2 rings (SSSR count). The molecule has 0 amide bonds. The molecule has 0 saturated carbocycles. The van der Waals surface area contributed by atoms with E-state index in [1.165, 1.54) is 26.6 Å². The molecule has 1 N–H and O–H groups in total. The van der Waals surface area contributed by atoms with Crippen LogP contribution in [-0.2, 0) is 6.42 Å². The molecule has 0 aliphatic heterocycles. The van der Waals surface area contributed by atoms with E-state index in [9.17, 15) is 0 Å². The summed E-state index contributed by atoms with van der Waals surface area (Å²) in [6.07, 6.45) is 3.07. The lowest BCUT2D eigenvalue weighted by molar-refractivity contribution is 0.491. The van der Waals surface area contributed by atoms with Crippen molar-refractivity contribution in [2.24, 2.45) is 0 Å². The van der Waals surface area contributed by atoms with Crippen LogP contribution in [0.25, 0.3) is 0 Å². The highest BCUT2D eigenvalue weighted by molar-refractivity contribution is 7.11. The van der Waals surface area contributed by atoms with Gasteiger partial charge in [-0.05, 0) is 45.2 Å². The molecule has 0 aliphatic carbocycles. The summed E-state index contributed by atoms with van der Waals surface area (Å²) in [4.78, 5) is 5.88. The molecule has 108 valence electrons. The minimum Gasteiger partial charge on any atom is -0.302 e. The zero-order valence-corrected chi connectivity index (χ0v) is 13.8. The molecule has 1 heterocycles. The van der Waals surface area contributed by atoms with Gasteiger partial charge in [0.2, 0.25) is 0 Å². The summed E-state index contributed by atoms with van der Waals surface area (Å²) in [5.41, 5.74) is 4.04. The second kappa shape index (κ2) is 6.51. The Kier molecular flexibility index (Phi) is 4.95. The van der Waals surface area contributed by atoms with Gasteiger partial charge < -0.3 is 5.32 Å². The minimum atomic E-state index is 0.287. The highest BCUT2D eigenvalue weighted by Gasteiger charge is 2.15. The lowest BCUT2D eigenvalue weighted by Crippen LogP contribution is -2.23. The third-order valence-corrected chi connectivity index (χ3v) is 5.02. The number of benzene rings is 1. The van der Waals surface area contributed by atoms with Crippen molar-refractivity contribution >= 4 is 11.3 Å². The van der Waals surface area contributed by atoms with E-state index in [4.69, 9.17) is 0 Å². The van der Waals surface area contributed by atoms with Gasteiger partial charge in [0.05, 0.1) is 6.04 Å². The van der Waals surface area contributed by atoms with Crippen molar-refractivity contribution in [1.82, 2.24) is 10.3 Å². The first-order valence-corrected chi connectivity index (χ1v) is 8.10. The summed E-state index contributed by atoms with van der Waals surface area (Å²) in [6, 6.07) is 7.27. The molecule has 0 bridgehead atoms. The van der Waals surface area contributed by atoms with Gasteiger partial charge in [0.1, 0.15) is 5.01 Å². The highest BCUT2D eigenvalue weighted by Crippen LogP contribution is 2.25. The van der Waals surface area contributed by atoms with Crippen LogP contribution in [0.15, 0.2) is 24.4 Å². The van der Waals surface area contributed by atoms with E-state index in [0.717, 1.165) is 6.42 Å². The number of rotatable bonds is 5. The number of thiazole rings is 1. The van der Waals surface area contributed by atoms with Crippen molar-refractivity contribution in [2.45, 2.75) is 53.1 Å². The number of aryl methyl sites for hydroxylation is 3. The zero-order valence-electron chi connectivity index (χ0n) is 13.0. The molecule has 1 aromatic carbocycles. The van der Waals surface area contributed by atoms with Crippen molar-refractivity contribution in [1.29, 1.82) is 0 Å². The van der Waals surface area contributed by atoms with Crippen LogP contribution in [0.4, 0.5) is 0 Å². The van der Waals surface area contributed by atoms with Crippen LogP contribution in [0.3, 0.4) is 0 Å². The SMILES string of the molecule is CCc1cnc(C(C)NC(C)c2cc(C)ccc2C)s1.